The van der Waals surface area contributed by atoms with Crippen molar-refractivity contribution < 1.29 is 4.42 Å². The van der Waals surface area contributed by atoms with Gasteiger partial charge in [0.2, 0.25) is 0 Å². The Morgan fingerprint density at radius 1 is 0.294 bits per heavy atom. The number of aromatic nitrogens is 4. The molecule has 5 heteroatoms. The van der Waals surface area contributed by atoms with Crippen LogP contribution >= 0.6 is 0 Å². The molecule has 0 amide bonds. The van der Waals surface area contributed by atoms with Gasteiger partial charge in [-0.05, 0) is 105 Å². The van der Waals surface area contributed by atoms with Gasteiger partial charge >= 0.3 is 0 Å². The van der Waals surface area contributed by atoms with E-state index < -0.39 is 0 Å². The molecule has 0 saturated heterocycles. The van der Waals surface area contributed by atoms with Gasteiger partial charge in [0.15, 0.2) is 17.5 Å². The summed E-state index contributed by atoms with van der Waals surface area (Å²) in [7, 11) is 0. The lowest BCUT2D eigenvalue weighted by atomic mass is 9.84. The Hall–Kier alpha value is -9.19. The van der Waals surface area contributed by atoms with E-state index in [2.05, 4.69) is 187 Å². The molecular weight excluding hydrogens is 829 g/mol. The summed E-state index contributed by atoms with van der Waals surface area (Å²) in [5.74, 6) is 1.77. The van der Waals surface area contributed by atoms with Crippen molar-refractivity contribution >= 4 is 43.7 Å². The molecular formula is C63H40N4O. The average molecular weight is 869 g/mol. The van der Waals surface area contributed by atoms with E-state index in [1.165, 1.54) is 21.8 Å². The molecule has 0 aliphatic rings. The predicted octanol–water partition coefficient (Wildman–Crippen LogP) is 16.5. The van der Waals surface area contributed by atoms with E-state index in [0.717, 1.165) is 88.8 Å². The third kappa shape index (κ3) is 6.76. The van der Waals surface area contributed by atoms with Crippen molar-refractivity contribution in [1.29, 1.82) is 0 Å². The molecule has 0 aliphatic carbocycles. The first-order chi connectivity index (χ1) is 33.7. The van der Waals surface area contributed by atoms with E-state index in [1.807, 2.05) is 60.7 Å². The molecule has 3 heterocycles. The molecule has 0 aliphatic heterocycles. The SMILES string of the molecule is c1ccc(-c2cc(-c3cccc(-c4nc(-c5ccccc5)nc(-c5cccc6oc7ccccc7c56)n4)c3)c(-c3ccccc3)c(-c3ccc4c(c3)c3ccccc3n4-c3ccccc3)c2)cc1. The Bertz CT molecular complexity index is 4010. The lowest BCUT2D eigenvalue weighted by Crippen LogP contribution is -2.00. The second-order valence-corrected chi connectivity index (χ2v) is 17.1. The highest BCUT2D eigenvalue weighted by atomic mass is 16.3. The molecule has 0 fully saturated rings. The highest BCUT2D eigenvalue weighted by Gasteiger charge is 2.22. The van der Waals surface area contributed by atoms with Gasteiger partial charge in [0.1, 0.15) is 11.2 Å². The maximum absolute atomic E-state index is 6.33. The van der Waals surface area contributed by atoms with Crippen LogP contribution in [-0.2, 0) is 0 Å². The van der Waals surface area contributed by atoms with Crippen LogP contribution in [0.1, 0.15) is 0 Å². The zero-order valence-corrected chi connectivity index (χ0v) is 36.8. The monoisotopic (exact) mass is 868 g/mol. The van der Waals surface area contributed by atoms with Gasteiger partial charge in [-0.2, -0.15) is 0 Å². The lowest BCUT2D eigenvalue weighted by Gasteiger charge is -2.20. The number of hydrogen-bond acceptors (Lipinski definition) is 4. The molecule has 3 aromatic heterocycles. The van der Waals surface area contributed by atoms with Gasteiger partial charge < -0.3 is 8.98 Å². The molecule has 5 nitrogen and oxygen atoms in total. The van der Waals surface area contributed by atoms with Crippen molar-refractivity contribution in [3.8, 4) is 84.4 Å². The summed E-state index contributed by atoms with van der Waals surface area (Å²) < 4.78 is 8.70. The van der Waals surface area contributed by atoms with Crippen molar-refractivity contribution in [3.63, 3.8) is 0 Å². The number of para-hydroxylation sites is 3. The molecule has 0 radical (unpaired) electrons. The minimum Gasteiger partial charge on any atom is -0.456 e. The van der Waals surface area contributed by atoms with Gasteiger partial charge in [-0.15, -0.1) is 0 Å². The highest BCUT2D eigenvalue weighted by molar-refractivity contribution is 6.13. The third-order valence-electron chi connectivity index (χ3n) is 13.0. The molecule has 0 unspecified atom stereocenters. The van der Waals surface area contributed by atoms with Gasteiger partial charge in [0, 0.05) is 43.9 Å². The fourth-order valence-electron chi connectivity index (χ4n) is 9.93. The molecule has 10 aromatic carbocycles. The number of hydrogen-bond donors (Lipinski definition) is 0. The van der Waals surface area contributed by atoms with Crippen molar-refractivity contribution in [1.82, 2.24) is 19.5 Å². The Kier molecular flexibility index (Phi) is 9.43. The predicted molar refractivity (Wildman–Crippen MR) is 279 cm³/mol. The summed E-state index contributed by atoms with van der Waals surface area (Å²) in [5, 5.41) is 4.42. The van der Waals surface area contributed by atoms with Crippen LogP contribution in [0.5, 0.6) is 0 Å². The second kappa shape index (κ2) is 16.4. The van der Waals surface area contributed by atoms with Crippen LogP contribution in [0, 0.1) is 0 Å². The fourth-order valence-corrected chi connectivity index (χ4v) is 9.93. The highest BCUT2D eigenvalue weighted by Crippen LogP contribution is 2.46. The summed E-state index contributed by atoms with van der Waals surface area (Å²) in [6.45, 7) is 0. The van der Waals surface area contributed by atoms with E-state index in [-0.39, 0.29) is 0 Å². The zero-order valence-electron chi connectivity index (χ0n) is 36.8. The Morgan fingerprint density at radius 2 is 0.824 bits per heavy atom. The molecule has 13 rings (SSSR count). The van der Waals surface area contributed by atoms with Crippen LogP contribution in [-0.4, -0.2) is 19.5 Å². The Labute approximate surface area is 392 Å². The average Bonchev–Trinajstić information content (AvgIpc) is 3.97. The minimum atomic E-state index is 0.582. The molecule has 0 N–H and O–H groups in total. The summed E-state index contributed by atoms with van der Waals surface area (Å²) in [6, 6.07) is 85.5. The van der Waals surface area contributed by atoms with E-state index in [1.54, 1.807) is 0 Å². The van der Waals surface area contributed by atoms with Crippen LogP contribution in [0.25, 0.3) is 128 Å². The minimum absolute atomic E-state index is 0.582. The number of furan rings is 1. The first kappa shape index (κ1) is 39.2. The molecule has 0 saturated carbocycles. The standard InChI is InChI=1S/C63H40N4O/c1-5-19-41(20-6-1)47-39-52(59(42-21-7-2-8-22-42)53(40-47)45-35-36-56-54(38-45)49-29-13-15-32-55(49)67(56)48-27-11-4-12-28-48)44-25-17-26-46(37-44)62-64-61(43-23-9-3-10-24-43)65-63(66-62)51-31-18-34-58-60(51)50-30-14-16-33-57(50)68-58/h1-40H. The number of rotatable bonds is 8. The topological polar surface area (TPSA) is 56.7 Å². The van der Waals surface area contributed by atoms with Crippen molar-refractivity contribution in [2.45, 2.75) is 0 Å². The number of nitrogens with zero attached hydrogens (tertiary/aromatic N) is 4. The van der Waals surface area contributed by atoms with Gasteiger partial charge in [-0.25, -0.2) is 15.0 Å². The van der Waals surface area contributed by atoms with Crippen molar-refractivity contribution in [2.75, 3.05) is 0 Å². The van der Waals surface area contributed by atoms with Gasteiger partial charge in [0.25, 0.3) is 0 Å². The van der Waals surface area contributed by atoms with E-state index in [9.17, 15) is 0 Å². The molecule has 318 valence electrons. The summed E-state index contributed by atoms with van der Waals surface area (Å²) >= 11 is 0. The van der Waals surface area contributed by atoms with Gasteiger partial charge in [-0.3, -0.25) is 0 Å². The largest absolute Gasteiger partial charge is 0.456 e. The molecule has 0 spiro atoms. The Balaban J connectivity index is 1.04. The van der Waals surface area contributed by atoms with E-state index in [4.69, 9.17) is 19.4 Å². The maximum atomic E-state index is 6.33. The quantitative estimate of drug-likeness (QED) is 0.153. The van der Waals surface area contributed by atoms with E-state index >= 15 is 0 Å². The maximum Gasteiger partial charge on any atom is 0.164 e. The molecule has 13 aromatic rings. The summed E-state index contributed by atoms with van der Waals surface area (Å²) in [6.07, 6.45) is 0. The number of benzene rings is 10. The number of fused-ring (bicyclic) bond motifs is 6. The smallest absolute Gasteiger partial charge is 0.164 e. The second-order valence-electron chi connectivity index (χ2n) is 17.1. The van der Waals surface area contributed by atoms with Gasteiger partial charge in [0.05, 0.1) is 11.0 Å². The van der Waals surface area contributed by atoms with Crippen LogP contribution in [0.3, 0.4) is 0 Å². The van der Waals surface area contributed by atoms with Crippen LogP contribution < -0.4 is 0 Å². The van der Waals surface area contributed by atoms with Gasteiger partial charge in [-0.1, -0.05) is 182 Å². The lowest BCUT2D eigenvalue weighted by molar-refractivity contribution is 0.669. The zero-order chi connectivity index (χ0) is 45.0. The fraction of sp³-hybridized carbons (Fsp3) is 0. The third-order valence-corrected chi connectivity index (χ3v) is 13.0. The van der Waals surface area contributed by atoms with Crippen molar-refractivity contribution in [3.05, 3.63) is 243 Å². The Morgan fingerprint density at radius 3 is 1.57 bits per heavy atom. The first-order valence-electron chi connectivity index (χ1n) is 22.9. The van der Waals surface area contributed by atoms with E-state index in [0.29, 0.717) is 17.5 Å². The van der Waals surface area contributed by atoms with Crippen LogP contribution in [0.15, 0.2) is 247 Å². The van der Waals surface area contributed by atoms with Crippen LogP contribution in [0.2, 0.25) is 0 Å². The molecule has 0 bridgehead atoms. The summed E-state index contributed by atoms with van der Waals surface area (Å²) in [4.78, 5) is 15.7. The molecule has 0 atom stereocenters. The normalized spacial score (nSPS) is 11.5. The van der Waals surface area contributed by atoms with Crippen LogP contribution in [0.4, 0.5) is 0 Å². The molecule has 68 heavy (non-hydrogen) atoms. The van der Waals surface area contributed by atoms with Crippen molar-refractivity contribution in [2.24, 2.45) is 0 Å². The summed E-state index contributed by atoms with van der Waals surface area (Å²) in [5.41, 5.74) is 16.8. The first-order valence-corrected chi connectivity index (χ1v) is 22.9.